The molecule has 7 nitrogen and oxygen atoms in total. The first-order chi connectivity index (χ1) is 16.2. The lowest BCUT2D eigenvalue weighted by molar-refractivity contribution is -0.123. The third-order valence-electron chi connectivity index (χ3n) is 5.72. The third kappa shape index (κ3) is 5.59. The van der Waals surface area contributed by atoms with E-state index in [4.69, 9.17) is 23.2 Å². The Morgan fingerprint density at radius 1 is 1.18 bits per heavy atom. The molecule has 2 aromatic heterocycles. The smallest absolute Gasteiger partial charge is 0.252 e. The molecule has 34 heavy (non-hydrogen) atoms. The number of halogens is 2. The van der Waals surface area contributed by atoms with Gasteiger partial charge in [-0.05, 0) is 64.2 Å². The summed E-state index contributed by atoms with van der Waals surface area (Å²) < 4.78 is 29.2. The zero-order chi connectivity index (χ0) is 24.5. The average Bonchev–Trinajstić information content (AvgIpc) is 3.44. The fourth-order valence-electron chi connectivity index (χ4n) is 4.01. The van der Waals surface area contributed by atoms with Crippen LogP contribution in [0.2, 0.25) is 9.36 Å². The second-order valence-electron chi connectivity index (χ2n) is 8.49. The molecule has 0 aliphatic carbocycles. The molecule has 3 heterocycles. The fraction of sp³-hybridized carbons (Fsp3) is 0.455. The van der Waals surface area contributed by atoms with Crippen molar-refractivity contribution >= 4 is 77.2 Å². The Morgan fingerprint density at radius 2 is 1.97 bits per heavy atom. The second-order valence-corrected chi connectivity index (χ2v) is 13.8. The van der Waals surface area contributed by atoms with Crippen LogP contribution in [0.1, 0.15) is 19.3 Å². The Morgan fingerprint density at radius 3 is 2.65 bits per heavy atom. The normalized spacial score (nSPS) is 17.5. The van der Waals surface area contributed by atoms with E-state index in [1.807, 2.05) is 26.2 Å². The van der Waals surface area contributed by atoms with Crippen LogP contribution in [0.5, 0.6) is 0 Å². The molecule has 1 aliphatic heterocycles. The van der Waals surface area contributed by atoms with Crippen LogP contribution in [-0.2, 0) is 14.8 Å². The maximum absolute atomic E-state index is 13.8. The molecule has 4 rings (SSSR count). The van der Waals surface area contributed by atoms with Gasteiger partial charge in [0.25, 0.3) is 10.0 Å². The number of aromatic nitrogens is 1. The highest BCUT2D eigenvalue weighted by Gasteiger charge is 2.36. The Balaban J connectivity index is 1.59. The van der Waals surface area contributed by atoms with Gasteiger partial charge < -0.3 is 4.90 Å². The monoisotopic (exact) mass is 560 g/mol. The average molecular weight is 562 g/mol. The molecule has 3 aromatic rings. The SMILES string of the molecule is CN(C)CCCN(C(=O)C1CCCN(S(=O)(=O)c2ccc(Cl)s2)C1)c1nc2c(Cl)cccc2s1. The van der Waals surface area contributed by atoms with Crippen molar-refractivity contribution in [2.24, 2.45) is 5.92 Å². The molecule has 1 saturated heterocycles. The van der Waals surface area contributed by atoms with E-state index in [0.29, 0.717) is 45.9 Å². The van der Waals surface area contributed by atoms with Gasteiger partial charge in [-0.3, -0.25) is 9.69 Å². The van der Waals surface area contributed by atoms with Crippen molar-refractivity contribution in [3.63, 3.8) is 0 Å². The predicted octanol–water partition coefficient (Wildman–Crippen LogP) is 5.05. The molecule has 0 spiro atoms. The minimum absolute atomic E-state index is 0.0990. The van der Waals surface area contributed by atoms with Crippen LogP contribution < -0.4 is 4.90 Å². The van der Waals surface area contributed by atoms with E-state index in [2.05, 4.69) is 9.88 Å². The highest BCUT2D eigenvalue weighted by Crippen LogP contribution is 2.35. The van der Waals surface area contributed by atoms with E-state index in [1.54, 1.807) is 17.0 Å². The number of piperidine rings is 1. The van der Waals surface area contributed by atoms with Crippen LogP contribution in [0, 0.1) is 5.92 Å². The summed E-state index contributed by atoms with van der Waals surface area (Å²) >= 11 is 14.8. The maximum Gasteiger partial charge on any atom is 0.252 e. The zero-order valence-electron chi connectivity index (χ0n) is 18.9. The molecule has 0 radical (unpaired) electrons. The number of carbonyl (C=O) groups excluding carboxylic acids is 1. The van der Waals surface area contributed by atoms with Gasteiger partial charge in [-0.2, -0.15) is 4.31 Å². The fourth-order valence-corrected chi connectivity index (χ4v) is 8.47. The Kier molecular flexibility index (Phi) is 8.18. The lowest BCUT2D eigenvalue weighted by atomic mass is 9.98. The molecular weight excluding hydrogens is 535 g/mol. The van der Waals surface area contributed by atoms with Crippen LogP contribution in [0.3, 0.4) is 0 Å². The topological polar surface area (TPSA) is 73.8 Å². The summed E-state index contributed by atoms with van der Waals surface area (Å²) in [6.07, 6.45) is 2.02. The van der Waals surface area contributed by atoms with Crippen molar-refractivity contribution < 1.29 is 13.2 Å². The van der Waals surface area contributed by atoms with Crippen molar-refractivity contribution in [3.8, 4) is 0 Å². The molecular formula is C22H26Cl2N4O3S3. The number of thiazole rings is 1. The van der Waals surface area contributed by atoms with Gasteiger partial charge in [-0.25, -0.2) is 13.4 Å². The lowest BCUT2D eigenvalue weighted by Gasteiger charge is -2.33. The van der Waals surface area contributed by atoms with E-state index in [-0.39, 0.29) is 16.7 Å². The first-order valence-electron chi connectivity index (χ1n) is 10.9. The van der Waals surface area contributed by atoms with Gasteiger partial charge in [-0.15, -0.1) is 11.3 Å². The first-order valence-corrected chi connectivity index (χ1v) is 14.8. The van der Waals surface area contributed by atoms with Crippen molar-refractivity contribution in [1.29, 1.82) is 0 Å². The Bertz CT molecular complexity index is 1280. The Hall–Kier alpha value is -1.27. The summed E-state index contributed by atoms with van der Waals surface area (Å²) in [5, 5.41) is 1.14. The number of hydrogen-bond donors (Lipinski definition) is 0. The molecule has 184 valence electrons. The second kappa shape index (κ2) is 10.8. The highest BCUT2D eigenvalue weighted by molar-refractivity contribution is 7.91. The molecule has 12 heteroatoms. The molecule has 1 unspecified atom stereocenters. The lowest BCUT2D eigenvalue weighted by Crippen LogP contribution is -2.47. The summed E-state index contributed by atoms with van der Waals surface area (Å²) in [7, 11) is 0.288. The number of hydrogen-bond acceptors (Lipinski definition) is 7. The molecule has 1 aliphatic rings. The largest absolute Gasteiger partial charge is 0.309 e. The van der Waals surface area contributed by atoms with E-state index in [1.165, 1.54) is 21.7 Å². The number of nitrogens with zero attached hydrogens (tertiary/aromatic N) is 4. The van der Waals surface area contributed by atoms with Crippen LogP contribution in [0.15, 0.2) is 34.5 Å². The summed E-state index contributed by atoms with van der Waals surface area (Å²) in [4.78, 5) is 22.2. The number of fused-ring (bicyclic) bond motifs is 1. The van der Waals surface area contributed by atoms with E-state index in [9.17, 15) is 13.2 Å². The maximum atomic E-state index is 13.8. The summed E-state index contributed by atoms with van der Waals surface area (Å²) in [5.41, 5.74) is 0.678. The molecule has 1 fully saturated rings. The number of rotatable bonds is 8. The first kappa shape index (κ1) is 25.8. The van der Waals surface area contributed by atoms with Crippen LogP contribution in [-0.4, -0.2) is 68.8 Å². The number of carbonyl (C=O) groups is 1. The van der Waals surface area contributed by atoms with Crippen molar-refractivity contribution in [1.82, 2.24) is 14.2 Å². The van der Waals surface area contributed by atoms with Gasteiger partial charge in [0.15, 0.2) is 5.13 Å². The minimum Gasteiger partial charge on any atom is -0.309 e. The third-order valence-corrected chi connectivity index (χ3v) is 10.6. The Labute approximate surface area is 217 Å². The number of sulfonamides is 1. The summed E-state index contributed by atoms with van der Waals surface area (Å²) in [6.45, 7) is 1.85. The van der Waals surface area contributed by atoms with Crippen molar-refractivity contribution in [2.75, 3.05) is 45.2 Å². The number of amides is 1. The molecule has 1 atom stereocenters. The van der Waals surface area contributed by atoms with Crippen LogP contribution >= 0.6 is 45.9 Å². The van der Waals surface area contributed by atoms with Crippen LogP contribution in [0.25, 0.3) is 10.2 Å². The van der Waals surface area contributed by atoms with Gasteiger partial charge in [-0.1, -0.05) is 40.6 Å². The molecule has 1 aromatic carbocycles. The van der Waals surface area contributed by atoms with Gasteiger partial charge >= 0.3 is 0 Å². The minimum atomic E-state index is -3.69. The van der Waals surface area contributed by atoms with Crippen molar-refractivity contribution in [2.45, 2.75) is 23.5 Å². The van der Waals surface area contributed by atoms with E-state index in [0.717, 1.165) is 29.0 Å². The number of para-hydroxylation sites is 1. The molecule has 1 amide bonds. The molecule has 0 bridgehead atoms. The highest BCUT2D eigenvalue weighted by atomic mass is 35.5. The molecule has 0 saturated carbocycles. The number of benzene rings is 1. The summed E-state index contributed by atoms with van der Waals surface area (Å²) in [5.74, 6) is -0.543. The summed E-state index contributed by atoms with van der Waals surface area (Å²) in [6, 6.07) is 8.69. The standard InChI is InChI=1S/C22H26Cl2N4O3S3/c1-26(2)11-5-13-28(22-25-20-16(23)7-3-8-17(20)32-22)21(29)15-6-4-12-27(14-15)34(30,31)19-10-9-18(24)33-19/h3,7-10,15H,4-6,11-14H2,1-2H3. The van der Waals surface area contributed by atoms with Crippen LogP contribution in [0.4, 0.5) is 5.13 Å². The van der Waals surface area contributed by atoms with Gasteiger partial charge in [0, 0.05) is 19.6 Å². The predicted molar refractivity (Wildman–Crippen MR) is 141 cm³/mol. The van der Waals surface area contributed by atoms with E-state index >= 15 is 0 Å². The van der Waals surface area contributed by atoms with Crippen molar-refractivity contribution in [3.05, 3.63) is 39.7 Å². The van der Waals surface area contributed by atoms with E-state index < -0.39 is 15.9 Å². The number of anilines is 1. The van der Waals surface area contributed by atoms with Gasteiger partial charge in [0.1, 0.15) is 9.73 Å². The van der Waals surface area contributed by atoms with Gasteiger partial charge in [0.2, 0.25) is 5.91 Å². The quantitative estimate of drug-likeness (QED) is 0.385. The molecule has 0 N–H and O–H groups in total. The number of thiophene rings is 1. The zero-order valence-corrected chi connectivity index (χ0v) is 22.9. The van der Waals surface area contributed by atoms with Gasteiger partial charge in [0.05, 0.1) is 20.0 Å².